The van der Waals surface area contributed by atoms with Crippen molar-refractivity contribution in [2.24, 2.45) is 0 Å². The molecule has 0 fully saturated rings. The average Bonchev–Trinajstić information content (AvgIpc) is 2.39. The number of anilines is 2. The molecular weight excluding hydrogens is 276 g/mol. The number of hydrogen-bond acceptors (Lipinski definition) is 1. The van der Waals surface area contributed by atoms with Crippen LogP contribution in [0.15, 0.2) is 36.4 Å². The fourth-order valence-corrected chi connectivity index (χ4v) is 1.49. The molecule has 2 aromatic rings. The number of amides is 2. The van der Waals surface area contributed by atoms with E-state index >= 15 is 0 Å². The molecule has 20 heavy (non-hydrogen) atoms. The van der Waals surface area contributed by atoms with Gasteiger partial charge < -0.3 is 10.6 Å². The molecule has 2 amide bonds. The molecular formula is C13H8F4N2O. The molecule has 0 aromatic heterocycles. The highest BCUT2D eigenvalue weighted by atomic mass is 19.1. The highest BCUT2D eigenvalue weighted by molar-refractivity contribution is 6.00. The average molecular weight is 284 g/mol. The fourth-order valence-electron chi connectivity index (χ4n) is 1.49. The quantitative estimate of drug-likeness (QED) is 0.807. The van der Waals surface area contributed by atoms with Crippen LogP contribution in [-0.4, -0.2) is 6.03 Å². The summed E-state index contributed by atoms with van der Waals surface area (Å²) in [5.41, 5.74) is -1.41. The van der Waals surface area contributed by atoms with Crippen molar-refractivity contribution < 1.29 is 22.4 Å². The van der Waals surface area contributed by atoms with Crippen LogP contribution in [-0.2, 0) is 0 Å². The van der Waals surface area contributed by atoms with Gasteiger partial charge in [-0.1, -0.05) is 12.1 Å². The van der Waals surface area contributed by atoms with Crippen molar-refractivity contribution in [3.05, 3.63) is 59.7 Å². The number of carbonyl (C=O) groups is 1. The smallest absolute Gasteiger partial charge is 0.303 e. The molecule has 0 heterocycles. The van der Waals surface area contributed by atoms with Gasteiger partial charge in [0.15, 0.2) is 0 Å². The Hall–Kier alpha value is -2.57. The van der Waals surface area contributed by atoms with Gasteiger partial charge >= 0.3 is 6.03 Å². The molecule has 3 nitrogen and oxygen atoms in total. The summed E-state index contributed by atoms with van der Waals surface area (Å²) in [6.45, 7) is 0. The van der Waals surface area contributed by atoms with Crippen molar-refractivity contribution in [3.8, 4) is 0 Å². The molecule has 2 N–H and O–H groups in total. The topological polar surface area (TPSA) is 41.1 Å². The number of rotatable bonds is 2. The SMILES string of the molecule is O=C(Nc1c(F)cccc1F)Nc1c(F)cccc1F. The van der Waals surface area contributed by atoms with Crippen LogP contribution >= 0.6 is 0 Å². The molecule has 7 heteroatoms. The van der Waals surface area contributed by atoms with E-state index in [1.54, 1.807) is 0 Å². The lowest BCUT2D eigenvalue weighted by molar-refractivity contribution is 0.261. The van der Waals surface area contributed by atoms with Crippen LogP contribution in [0.4, 0.5) is 33.7 Å². The number of urea groups is 1. The molecule has 0 unspecified atom stereocenters. The molecule has 0 spiro atoms. The van der Waals surface area contributed by atoms with Crippen molar-refractivity contribution in [1.82, 2.24) is 0 Å². The third-order valence-corrected chi connectivity index (χ3v) is 2.40. The Balaban J connectivity index is 2.18. The van der Waals surface area contributed by atoms with Gasteiger partial charge in [0.1, 0.15) is 34.6 Å². The van der Waals surface area contributed by atoms with E-state index in [1.807, 2.05) is 10.6 Å². The van der Waals surface area contributed by atoms with Crippen LogP contribution in [0.1, 0.15) is 0 Å². The van der Waals surface area contributed by atoms with E-state index in [1.165, 1.54) is 0 Å². The molecule has 0 aliphatic heterocycles. The van der Waals surface area contributed by atoms with Crippen molar-refractivity contribution in [2.75, 3.05) is 10.6 Å². The minimum atomic E-state index is -1.17. The van der Waals surface area contributed by atoms with Crippen molar-refractivity contribution in [3.63, 3.8) is 0 Å². The van der Waals surface area contributed by atoms with Crippen molar-refractivity contribution in [2.45, 2.75) is 0 Å². The fraction of sp³-hybridized carbons (Fsp3) is 0. The maximum absolute atomic E-state index is 13.3. The number of halogens is 4. The largest absolute Gasteiger partial charge is 0.324 e. The molecule has 104 valence electrons. The summed E-state index contributed by atoms with van der Waals surface area (Å²) >= 11 is 0. The maximum atomic E-state index is 13.3. The third kappa shape index (κ3) is 2.87. The second-order valence-electron chi connectivity index (χ2n) is 3.77. The van der Waals surface area contributed by atoms with Crippen molar-refractivity contribution >= 4 is 17.4 Å². The third-order valence-electron chi connectivity index (χ3n) is 2.40. The van der Waals surface area contributed by atoms with Gasteiger partial charge in [0, 0.05) is 0 Å². The number of nitrogens with one attached hydrogen (secondary N) is 2. The van der Waals surface area contributed by atoms with E-state index in [4.69, 9.17) is 0 Å². The summed E-state index contributed by atoms with van der Waals surface area (Å²) in [7, 11) is 0. The standard InChI is InChI=1S/C13H8F4N2O/c14-7-3-1-4-8(15)11(7)18-13(20)19-12-9(16)5-2-6-10(12)17/h1-6H,(H2,18,19,20). The van der Waals surface area contributed by atoms with Gasteiger partial charge in [0.2, 0.25) is 0 Å². The van der Waals surface area contributed by atoms with Gasteiger partial charge in [-0.05, 0) is 24.3 Å². The van der Waals surface area contributed by atoms with Gasteiger partial charge in [0.25, 0.3) is 0 Å². The normalized spacial score (nSPS) is 10.2. The van der Waals surface area contributed by atoms with Crippen LogP contribution in [0, 0.1) is 23.3 Å². The Labute approximate surface area is 111 Å². The number of hydrogen-bond donors (Lipinski definition) is 2. The Morgan fingerprint density at radius 2 is 1.00 bits per heavy atom. The Kier molecular flexibility index (Phi) is 3.88. The highest BCUT2D eigenvalue weighted by Gasteiger charge is 2.15. The van der Waals surface area contributed by atoms with Crippen LogP contribution in [0.5, 0.6) is 0 Å². The van der Waals surface area contributed by atoms with Crippen molar-refractivity contribution in [1.29, 1.82) is 0 Å². The van der Waals surface area contributed by atoms with Gasteiger partial charge in [-0.25, -0.2) is 22.4 Å². The zero-order valence-corrected chi connectivity index (χ0v) is 9.88. The number of benzene rings is 2. The highest BCUT2D eigenvalue weighted by Crippen LogP contribution is 2.20. The molecule has 0 bridgehead atoms. The molecule has 0 saturated carbocycles. The summed E-state index contributed by atoms with van der Waals surface area (Å²) in [5.74, 6) is -4.02. The second-order valence-corrected chi connectivity index (χ2v) is 3.77. The summed E-state index contributed by atoms with van der Waals surface area (Å²) < 4.78 is 53.1. The molecule has 0 radical (unpaired) electrons. The van der Waals surface area contributed by atoms with E-state index in [-0.39, 0.29) is 0 Å². The number of carbonyl (C=O) groups excluding carboxylic acids is 1. The predicted molar refractivity (Wildman–Crippen MR) is 65.4 cm³/mol. The first-order valence-electron chi connectivity index (χ1n) is 5.45. The lowest BCUT2D eigenvalue weighted by Crippen LogP contribution is -2.22. The summed E-state index contributed by atoms with van der Waals surface area (Å²) in [4.78, 5) is 11.5. The summed E-state index contributed by atoms with van der Waals surface area (Å²) in [6, 6.07) is 4.79. The van der Waals surface area contributed by atoms with Crippen LogP contribution < -0.4 is 10.6 Å². The van der Waals surface area contributed by atoms with E-state index in [0.29, 0.717) is 0 Å². The van der Waals surface area contributed by atoms with Gasteiger partial charge in [0.05, 0.1) is 0 Å². The summed E-state index contributed by atoms with van der Waals surface area (Å²) in [5, 5.41) is 3.70. The first kappa shape index (κ1) is 13.9. The molecule has 0 saturated heterocycles. The second kappa shape index (κ2) is 5.60. The lowest BCUT2D eigenvalue weighted by atomic mass is 10.3. The first-order chi connectivity index (χ1) is 9.49. The van der Waals surface area contributed by atoms with E-state index in [9.17, 15) is 22.4 Å². The van der Waals surface area contributed by atoms with Gasteiger partial charge in [-0.3, -0.25) is 0 Å². The van der Waals surface area contributed by atoms with Gasteiger partial charge in [-0.15, -0.1) is 0 Å². The first-order valence-corrected chi connectivity index (χ1v) is 5.45. The van der Waals surface area contributed by atoms with E-state index < -0.39 is 40.7 Å². The zero-order valence-electron chi connectivity index (χ0n) is 9.88. The maximum Gasteiger partial charge on any atom is 0.324 e. The monoisotopic (exact) mass is 284 g/mol. The van der Waals surface area contributed by atoms with E-state index in [2.05, 4.69) is 0 Å². The minimum absolute atomic E-state index is 0.707. The van der Waals surface area contributed by atoms with Crippen LogP contribution in [0.3, 0.4) is 0 Å². The van der Waals surface area contributed by atoms with Gasteiger partial charge in [-0.2, -0.15) is 0 Å². The number of para-hydroxylation sites is 2. The molecule has 2 rings (SSSR count). The minimum Gasteiger partial charge on any atom is -0.303 e. The predicted octanol–water partition coefficient (Wildman–Crippen LogP) is 3.89. The Morgan fingerprint density at radius 3 is 1.30 bits per heavy atom. The lowest BCUT2D eigenvalue weighted by Gasteiger charge is -2.10. The molecule has 0 aliphatic rings. The Bertz CT molecular complexity index is 565. The zero-order chi connectivity index (χ0) is 14.7. The van der Waals surface area contributed by atoms with E-state index in [0.717, 1.165) is 36.4 Å². The summed E-state index contributed by atoms with van der Waals surface area (Å²) in [6.07, 6.45) is 0. The molecule has 0 atom stereocenters. The molecule has 0 aliphatic carbocycles. The molecule has 2 aromatic carbocycles. The Morgan fingerprint density at radius 1 is 0.700 bits per heavy atom. The van der Waals surface area contributed by atoms with Crippen LogP contribution in [0.25, 0.3) is 0 Å². The van der Waals surface area contributed by atoms with Crippen LogP contribution in [0.2, 0.25) is 0 Å².